The van der Waals surface area contributed by atoms with Crippen molar-refractivity contribution in [1.29, 1.82) is 0 Å². The summed E-state index contributed by atoms with van der Waals surface area (Å²) in [5.74, 6) is 0.706. The molecule has 0 saturated heterocycles. The van der Waals surface area contributed by atoms with Crippen molar-refractivity contribution in [2.75, 3.05) is 12.4 Å². The smallest absolute Gasteiger partial charge is 0.328 e. The number of hydrogen-bond acceptors (Lipinski definition) is 5. The number of carbonyl (C=O) groups excluding carboxylic acids is 1. The van der Waals surface area contributed by atoms with Crippen LogP contribution in [0.3, 0.4) is 0 Å². The highest BCUT2D eigenvalue weighted by molar-refractivity contribution is 5.78. The van der Waals surface area contributed by atoms with E-state index in [1.807, 2.05) is 13.0 Å². The van der Waals surface area contributed by atoms with Gasteiger partial charge in [0.1, 0.15) is 11.9 Å². The third-order valence-electron chi connectivity index (χ3n) is 2.31. The third-order valence-corrected chi connectivity index (χ3v) is 2.31. The predicted molar refractivity (Wildman–Crippen MR) is 65.7 cm³/mol. The number of rotatable bonds is 5. The summed E-state index contributed by atoms with van der Waals surface area (Å²) in [5.41, 5.74) is 0.842. The molecular weight excluding hydrogens is 218 g/mol. The second-order valence-corrected chi connectivity index (χ2v) is 4.41. The van der Waals surface area contributed by atoms with Crippen molar-refractivity contribution in [1.82, 2.24) is 10.2 Å². The molecule has 17 heavy (non-hydrogen) atoms. The lowest BCUT2D eigenvalue weighted by atomic mass is 10.0. The molecule has 1 aromatic heterocycles. The first kappa shape index (κ1) is 13.4. The van der Waals surface area contributed by atoms with Crippen molar-refractivity contribution in [3.8, 4) is 0 Å². The zero-order chi connectivity index (χ0) is 12.8. The van der Waals surface area contributed by atoms with Gasteiger partial charge < -0.3 is 10.1 Å². The Morgan fingerprint density at radius 2 is 2.12 bits per heavy atom. The Morgan fingerprint density at radius 3 is 2.59 bits per heavy atom. The van der Waals surface area contributed by atoms with Crippen molar-refractivity contribution >= 4 is 11.8 Å². The van der Waals surface area contributed by atoms with Gasteiger partial charge in [0.25, 0.3) is 0 Å². The summed E-state index contributed by atoms with van der Waals surface area (Å²) >= 11 is 0. The summed E-state index contributed by atoms with van der Waals surface area (Å²) in [6, 6.07) is 3.27. The molecule has 0 radical (unpaired) electrons. The number of hydrogen-bond donors (Lipinski definition) is 1. The minimum Gasteiger partial charge on any atom is -0.467 e. The van der Waals surface area contributed by atoms with E-state index < -0.39 is 0 Å². The van der Waals surface area contributed by atoms with E-state index in [0.29, 0.717) is 18.2 Å². The number of nitrogens with one attached hydrogen (secondary N) is 1. The number of anilines is 1. The molecule has 1 heterocycles. The van der Waals surface area contributed by atoms with Crippen LogP contribution in [0.1, 0.15) is 26.0 Å². The Bertz CT molecular complexity index is 363. The maximum atomic E-state index is 11.6. The van der Waals surface area contributed by atoms with Gasteiger partial charge in [0, 0.05) is 0 Å². The van der Waals surface area contributed by atoms with Crippen molar-refractivity contribution < 1.29 is 9.53 Å². The van der Waals surface area contributed by atoms with Crippen molar-refractivity contribution in [3.63, 3.8) is 0 Å². The minimum atomic E-state index is -0.378. The summed E-state index contributed by atoms with van der Waals surface area (Å²) in [6.45, 7) is 5.97. The summed E-state index contributed by atoms with van der Waals surface area (Å²) in [6.07, 6.45) is 0.697. The molecule has 1 atom stereocenters. The SMILES string of the molecule is COC(=O)C(CC(C)C)Nc1ccc(C)nn1. The van der Waals surface area contributed by atoms with E-state index in [1.165, 1.54) is 7.11 Å². The molecule has 1 N–H and O–H groups in total. The van der Waals surface area contributed by atoms with Gasteiger partial charge >= 0.3 is 5.97 Å². The third kappa shape index (κ3) is 4.38. The lowest BCUT2D eigenvalue weighted by Gasteiger charge is -2.18. The fourth-order valence-electron chi connectivity index (χ4n) is 1.48. The van der Waals surface area contributed by atoms with Crippen LogP contribution in [-0.2, 0) is 9.53 Å². The predicted octanol–water partition coefficient (Wildman–Crippen LogP) is 1.78. The van der Waals surface area contributed by atoms with Gasteiger partial charge in [0.15, 0.2) is 0 Å². The second kappa shape index (κ2) is 6.18. The fourth-order valence-corrected chi connectivity index (χ4v) is 1.48. The number of ether oxygens (including phenoxy) is 1. The number of carbonyl (C=O) groups is 1. The molecule has 0 saturated carbocycles. The monoisotopic (exact) mass is 237 g/mol. The molecular formula is C12H19N3O2. The molecule has 0 fully saturated rings. The average molecular weight is 237 g/mol. The maximum absolute atomic E-state index is 11.6. The first-order valence-corrected chi connectivity index (χ1v) is 5.67. The van der Waals surface area contributed by atoms with Crippen LogP contribution in [0.25, 0.3) is 0 Å². The van der Waals surface area contributed by atoms with Crippen molar-refractivity contribution in [2.45, 2.75) is 33.2 Å². The highest BCUT2D eigenvalue weighted by Gasteiger charge is 2.20. The Labute approximate surface area is 102 Å². The van der Waals surface area contributed by atoms with E-state index in [-0.39, 0.29) is 12.0 Å². The standard InChI is InChI=1S/C12H19N3O2/c1-8(2)7-10(12(16)17-4)13-11-6-5-9(3)14-15-11/h5-6,8,10H,7H2,1-4H3,(H,13,15). The van der Waals surface area contributed by atoms with Crippen molar-refractivity contribution in [2.24, 2.45) is 5.92 Å². The van der Waals surface area contributed by atoms with Gasteiger partial charge in [-0.15, -0.1) is 5.10 Å². The van der Waals surface area contributed by atoms with Crippen LogP contribution < -0.4 is 5.32 Å². The molecule has 5 nitrogen and oxygen atoms in total. The largest absolute Gasteiger partial charge is 0.467 e. The van der Waals surface area contributed by atoms with Gasteiger partial charge in [-0.3, -0.25) is 0 Å². The summed E-state index contributed by atoms with van der Waals surface area (Å²) in [7, 11) is 1.39. The normalized spacial score (nSPS) is 12.3. The minimum absolute atomic E-state index is 0.277. The molecule has 0 bridgehead atoms. The van der Waals surface area contributed by atoms with E-state index in [1.54, 1.807) is 6.07 Å². The highest BCUT2D eigenvalue weighted by Crippen LogP contribution is 2.11. The average Bonchev–Trinajstić information content (AvgIpc) is 2.29. The molecule has 5 heteroatoms. The van der Waals surface area contributed by atoms with E-state index in [4.69, 9.17) is 4.74 Å². The number of aryl methyl sites for hydroxylation is 1. The first-order valence-electron chi connectivity index (χ1n) is 5.67. The number of methoxy groups -OCH3 is 1. The Morgan fingerprint density at radius 1 is 1.41 bits per heavy atom. The quantitative estimate of drug-likeness (QED) is 0.791. The second-order valence-electron chi connectivity index (χ2n) is 4.41. The molecule has 0 aliphatic heterocycles. The zero-order valence-electron chi connectivity index (χ0n) is 10.7. The number of esters is 1. The van der Waals surface area contributed by atoms with E-state index in [0.717, 1.165) is 5.69 Å². The van der Waals surface area contributed by atoms with E-state index in [9.17, 15) is 4.79 Å². The maximum Gasteiger partial charge on any atom is 0.328 e. The van der Waals surface area contributed by atoms with Crippen LogP contribution in [0.4, 0.5) is 5.82 Å². The van der Waals surface area contributed by atoms with Crippen LogP contribution in [0, 0.1) is 12.8 Å². The Hall–Kier alpha value is -1.65. The van der Waals surface area contributed by atoms with Gasteiger partial charge in [-0.05, 0) is 31.4 Å². The molecule has 0 spiro atoms. The zero-order valence-corrected chi connectivity index (χ0v) is 10.7. The molecule has 0 aromatic carbocycles. The molecule has 0 aliphatic rings. The van der Waals surface area contributed by atoms with Gasteiger partial charge in [-0.1, -0.05) is 13.8 Å². The van der Waals surface area contributed by atoms with Gasteiger partial charge in [-0.25, -0.2) is 4.79 Å². The molecule has 0 aliphatic carbocycles. The van der Waals surface area contributed by atoms with Crippen LogP contribution >= 0.6 is 0 Å². The molecule has 1 rings (SSSR count). The van der Waals surface area contributed by atoms with Gasteiger partial charge in [0.2, 0.25) is 0 Å². The number of nitrogens with zero attached hydrogens (tertiary/aromatic N) is 2. The molecule has 1 unspecified atom stereocenters. The highest BCUT2D eigenvalue weighted by atomic mass is 16.5. The Kier molecular flexibility index (Phi) is 4.87. The fraction of sp³-hybridized carbons (Fsp3) is 0.583. The first-order chi connectivity index (χ1) is 8.02. The van der Waals surface area contributed by atoms with E-state index in [2.05, 4.69) is 29.4 Å². The van der Waals surface area contributed by atoms with Crippen LogP contribution in [0.15, 0.2) is 12.1 Å². The van der Waals surface area contributed by atoms with Crippen LogP contribution in [0.5, 0.6) is 0 Å². The summed E-state index contributed by atoms with van der Waals surface area (Å²) in [5, 5.41) is 10.9. The number of aromatic nitrogens is 2. The molecule has 94 valence electrons. The molecule has 0 amide bonds. The topological polar surface area (TPSA) is 64.1 Å². The van der Waals surface area contributed by atoms with Gasteiger partial charge in [-0.2, -0.15) is 5.10 Å². The lowest BCUT2D eigenvalue weighted by Crippen LogP contribution is -2.32. The lowest BCUT2D eigenvalue weighted by molar-refractivity contribution is -0.141. The van der Waals surface area contributed by atoms with Crippen LogP contribution in [-0.4, -0.2) is 29.3 Å². The summed E-state index contributed by atoms with van der Waals surface area (Å²) < 4.78 is 4.76. The summed E-state index contributed by atoms with van der Waals surface area (Å²) in [4.78, 5) is 11.6. The van der Waals surface area contributed by atoms with Crippen LogP contribution in [0.2, 0.25) is 0 Å². The van der Waals surface area contributed by atoms with Crippen molar-refractivity contribution in [3.05, 3.63) is 17.8 Å². The molecule has 1 aromatic rings. The van der Waals surface area contributed by atoms with E-state index >= 15 is 0 Å². The Balaban J connectivity index is 2.71. The van der Waals surface area contributed by atoms with Gasteiger partial charge in [0.05, 0.1) is 12.8 Å².